The number of hydrogen-bond donors (Lipinski definition) is 2. The minimum atomic E-state index is -0.987. The predicted octanol–water partition coefficient (Wildman–Crippen LogP) is 5.23. The Bertz CT molecular complexity index is 1420. The monoisotopic (exact) mass is 431 g/mol. The van der Waals surface area contributed by atoms with Crippen LogP contribution in [0.5, 0.6) is 11.8 Å². The molecule has 3 aromatic carbocycles. The molecule has 0 unspecified atom stereocenters. The van der Waals surface area contributed by atoms with E-state index in [9.17, 15) is 24.2 Å². The Kier molecular flexibility index (Phi) is 5.28. The molecule has 1 aromatic heterocycles. The van der Waals surface area contributed by atoms with Crippen LogP contribution < -0.4 is 0 Å². The van der Waals surface area contributed by atoms with Crippen molar-refractivity contribution in [1.82, 2.24) is 4.57 Å². The highest BCUT2D eigenvalue weighted by molar-refractivity contribution is 6.03. The van der Waals surface area contributed by atoms with Gasteiger partial charge in [0.15, 0.2) is 0 Å². The third-order valence-electron chi connectivity index (χ3n) is 5.11. The van der Waals surface area contributed by atoms with Gasteiger partial charge in [-0.15, -0.1) is 10.2 Å². The molecule has 0 aliphatic rings. The second-order valence-electron chi connectivity index (χ2n) is 7.32. The Morgan fingerprint density at radius 3 is 2.28 bits per heavy atom. The lowest BCUT2D eigenvalue weighted by Gasteiger charge is -2.11. The number of carbonyl (C=O) groups excluding carboxylic acids is 2. The number of hydrogen-bond acceptors (Lipinski definition) is 4. The largest absolute Gasteiger partial charge is 0.494 e. The van der Waals surface area contributed by atoms with Crippen molar-refractivity contribution in [2.24, 2.45) is 10.2 Å². The molecule has 160 valence electrons. The van der Waals surface area contributed by atoms with Crippen molar-refractivity contribution in [3.63, 3.8) is 0 Å². The van der Waals surface area contributed by atoms with Gasteiger partial charge in [0.2, 0.25) is 11.8 Å². The van der Waals surface area contributed by atoms with Gasteiger partial charge < -0.3 is 10.2 Å². The molecule has 2 N–H and O–H groups in total. The highest BCUT2D eigenvalue weighted by Gasteiger charge is 2.20. The zero-order valence-electron chi connectivity index (χ0n) is 17.2. The van der Waals surface area contributed by atoms with Gasteiger partial charge in [-0.2, -0.15) is 0 Å². The molecule has 4 aromatic rings. The van der Waals surface area contributed by atoms with Gasteiger partial charge in [0, 0.05) is 16.3 Å². The summed E-state index contributed by atoms with van der Waals surface area (Å²) in [5.41, 5.74) is 2.11. The van der Waals surface area contributed by atoms with Crippen molar-refractivity contribution in [3.8, 4) is 17.4 Å². The lowest BCUT2D eigenvalue weighted by Crippen LogP contribution is -2.00. The van der Waals surface area contributed by atoms with Crippen LogP contribution in [-0.2, 0) is 0 Å². The Morgan fingerprint density at radius 2 is 1.53 bits per heavy atom. The van der Waals surface area contributed by atoms with Crippen molar-refractivity contribution in [3.05, 3.63) is 88.7 Å². The molecule has 0 fully saturated rings. The average molecular weight is 431 g/mol. The summed E-state index contributed by atoms with van der Waals surface area (Å²) < 4.78 is 15.0. The van der Waals surface area contributed by atoms with Gasteiger partial charge in [-0.3, -0.25) is 14.2 Å². The van der Waals surface area contributed by atoms with Crippen molar-refractivity contribution < 1.29 is 24.2 Å². The third kappa shape index (κ3) is 3.62. The summed E-state index contributed by atoms with van der Waals surface area (Å²) in [7, 11) is 0. The zero-order valence-corrected chi connectivity index (χ0v) is 17.2. The Morgan fingerprint density at radius 1 is 0.844 bits per heavy atom. The van der Waals surface area contributed by atoms with Crippen LogP contribution in [-0.4, -0.2) is 26.6 Å². The number of amides is 2. The van der Waals surface area contributed by atoms with E-state index in [-0.39, 0.29) is 28.3 Å². The number of fused-ring (bicyclic) bond motifs is 1. The van der Waals surface area contributed by atoms with Crippen LogP contribution in [0.1, 0.15) is 31.8 Å². The van der Waals surface area contributed by atoms with Gasteiger partial charge in [0.05, 0.1) is 11.3 Å². The van der Waals surface area contributed by atoms with Gasteiger partial charge in [-0.25, -0.2) is 4.39 Å². The molecule has 0 saturated carbocycles. The first-order chi connectivity index (χ1) is 15.3. The fourth-order valence-electron chi connectivity index (χ4n) is 3.42. The number of aromatic hydroxyl groups is 2. The molecule has 0 saturated heterocycles. The van der Waals surface area contributed by atoms with Crippen LogP contribution in [0.3, 0.4) is 0 Å². The molecule has 0 aliphatic carbocycles. The lowest BCUT2D eigenvalue weighted by atomic mass is 10.1. The summed E-state index contributed by atoms with van der Waals surface area (Å²) in [4.78, 5) is 24.4. The maximum atomic E-state index is 13.7. The Labute approximate surface area is 182 Å². The SMILES string of the molecule is Cc1ccc(C)c(-n2c(O)c3ccc(C(=O)N=NC(=O)c4ccccc4F)cc3c2O)c1. The first-order valence-corrected chi connectivity index (χ1v) is 9.67. The number of halogens is 1. The van der Waals surface area contributed by atoms with E-state index < -0.39 is 17.6 Å². The van der Waals surface area contributed by atoms with Crippen molar-refractivity contribution in [2.45, 2.75) is 13.8 Å². The van der Waals surface area contributed by atoms with E-state index >= 15 is 0 Å². The van der Waals surface area contributed by atoms with E-state index in [0.29, 0.717) is 11.1 Å². The van der Waals surface area contributed by atoms with Crippen LogP contribution in [0.4, 0.5) is 4.39 Å². The van der Waals surface area contributed by atoms with Crippen molar-refractivity contribution in [2.75, 3.05) is 0 Å². The van der Waals surface area contributed by atoms with Crippen molar-refractivity contribution in [1.29, 1.82) is 0 Å². The molecule has 7 nitrogen and oxygen atoms in total. The lowest BCUT2D eigenvalue weighted by molar-refractivity contribution is 0.0944. The standard InChI is InChI=1S/C24H18FN3O4/c1-13-7-8-14(2)20(11-13)28-23(31)16-10-9-15(12-18(16)24(28)32)21(29)26-27-22(30)17-5-3-4-6-19(17)25/h3-12,31-32H,1-2H3. The quantitative estimate of drug-likeness (QED) is 0.433. The fraction of sp³-hybridized carbons (Fsp3) is 0.0833. The molecular weight excluding hydrogens is 413 g/mol. The molecule has 0 aliphatic heterocycles. The summed E-state index contributed by atoms with van der Waals surface area (Å²) in [6.07, 6.45) is 0. The van der Waals surface area contributed by atoms with E-state index in [4.69, 9.17) is 0 Å². The van der Waals surface area contributed by atoms with Gasteiger partial charge in [0.25, 0.3) is 11.8 Å². The number of carbonyl (C=O) groups is 2. The fourth-order valence-corrected chi connectivity index (χ4v) is 3.42. The summed E-state index contributed by atoms with van der Waals surface area (Å²) in [6, 6.07) is 15.1. The molecule has 0 atom stereocenters. The highest BCUT2D eigenvalue weighted by Crippen LogP contribution is 2.40. The molecule has 4 rings (SSSR count). The van der Waals surface area contributed by atoms with Crippen molar-refractivity contribution >= 4 is 22.6 Å². The number of rotatable bonds is 3. The second kappa shape index (κ2) is 8.07. The Hall–Kier alpha value is -4.33. The van der Waals surface area contributed by atoms with E-state index in [0.717, 1.165) is 17.2 Å². The molecule has 0 bridgehead atoms. The summed E-state index contributed by atoms with van der Waals surface area (Å²) >= 11 is 0. The molecule has 0 spiro atoms. The van der Waals surface area contributed by atoms with Crippen LogP contribution in [0.25, 0.3) is 16.5 Å². The molecule has 32 heavy (non-hydrogen) atoms. The number of aromatic nitrogens is 1. The topological polar surface area (TPSA) is 104 Å². The maximum absolute atomic E-state index is 13.7. The van der Waals surface area contributed by atoms with Crippen LogP contribution in [0, 0.1) is 19.7 Å². The van der Waals surface area contributed by atoms with Crippen LogP contribution in [0.15, 0.2) is 70.9 Å². The van der Waals surface area contributed by atoms with E-state index in [1.54, 1.807) is 0 Å². The number of nitrogens with zero attached hydrogens (tertiary/aromatic N) is 3. The summed E-state index contributed by atoms with van der Waals surface area (Å²) in [5, 5.41) is 28.7. The average Bonchev–Trinajstić information content (AvgIpc) is 3.03. The minimum Gasteiger partial charge on any atom is -0.494 e. The van der Waals surface area contributed by atoms with E-state index in [2.05, 4.69) is 10.2 Å². The smallest absolute Gasteiger partial charge is 0.298 e. The molecule has 2 amide bonds. The summed E-state index contributed by atoms with van der Waals surface area (Å²) in [6.45, 7) is 3.74. The first kappa shape index (κ1) is 20.9. The first-order valence-electron chi connectivity index (χ1n) is 9.67. The maximum Gasteiger partial charge on any atom is 0.298 e. The predicted molar refractivity (Wildman–Crippen MR) is 116 cm³/mol. The third-order valence-corrected chi connectivity index (χ3v) is 5.11. The van der Waals surface area contributed by atoms with Gasteiger partial charge >= 0.3 is 0 Å². The van der Waals surface area contributed by atoms with E-state index in [1.807, 2.05) is 32.0 Å². The van der Waals surface area contributed by atoms with Gasteiger partial charge in [-0.05, 0) is 61.4 Å². The van der Waals surface area contributed by atoms with Gasteiger partial charge in [-0.1, -0.05) is 24.3 Å². The Balaban J connectivity index is 1.70. The number of benzene rings is 3. The number of azo groups is 1. The van der Waals surface area contributed by atoms with Crippen LogP contribution in [0.2, 0.25) is 0 Å². The molecular formula is C24H18FN3O4. The molecule has 0 radical (unpaired) electrons. The normalized spacial score (nSPS) is 11.3. The minimum absolute atomic E-state index is 0.0380. The van der Waals surface area contributed by atoms with Gasteiger partial charge in [0.1, 0.15) is 5.82 Å². The number of aryl methyl sites for hydroxylation is 2. The van der Waals surface area contributed by atoms with Crippen LogP contribution >= 0.6 is 0 Å². The van der Waals surface area contributed by atoms with E-state index in [1.165, 1.54) is 41.0 Å². The summed E-state index contributed by atoms with van der Waals surface area (Å²) in [5.74, 6) is -3.03. The highest BCUT2D eigenvalue weighted by atomic mass is 19.1. The molecule has 8 heteroatoms. The zero-order chi connectivity index (χ0) is 23.0. The second-order valence-corrected chi connectivity index (χ2v) is 7.32. The molecule has 1 heterocycles.